The van der Waals surface area contributed by atoms with Gasteiger partial charge in [-0.05, 0) is 26.2 Å². The minimum atomic E-state index is -1.98. The van der Waals surface area contributed by atoms with E-state index in [4.69, 9.17) is 14.5 Å². The van der Waals surface area contributed by atoms with Crippen LogP contribution in [-0.4, -0.2) is 119 Å². The lowest BCUT2D eigenvalue weighted by Crippen LogP contribution is -2.60. The number of anilines is 1. The molecule has 1 aromatic carbocycles. The number of carbonyl (C=O) groups is 5. The van der Waals surface area contributed by atoms with E-state index in [0.29, 0.717) is 24.5 Å². The first-order valence-corrected chi connectivity index (χ1v) is 14.8. The molecule has 4 N–H and O–H groups in total. The van der Waals surface area contributed by atoms with Gasteiger partial charge in [0.2, 0.25) is 0 Å². The van der Waals surface area contributed by atoms with E-state index in [1.807, 2.05) is 11.0 Å². The van der Waals surface area contributed by atoms with Crippen molar-refractivity contribution in [2.24, 2.45) is 5.92 Å². The van der Waals surface area contributed by atoms with Crippen LogP contribution in [0.2, 0.25) is 0 Å². The fraction of sp³-hybridized carbons (Fsp3) is 0.500. The summed E-state index contributed by atoms with van der Waals surface area (Å²) in [7, 11) is 1.66. The summed E-state index contributed by atoms with van der Waals surface area (Å²) in [6.45, 7) is 3.41. The van der Waals surface area contributed by atoms with Crippen molar-refractivity contribution in [2.45, 2.75) is 44.4 Å². The van der Waals surface area contributed by atoms with E-state index in [1.165, 1.54) is 11.0 Å². The van der Waals surface area contributed by atoms with Gasteiger partial charge >= 0.3 is 18.0 Å². The maximum atomic E-state index is 13.7. The maximum Gasteiger partial charge on any atom is 0.409 e. The minimum Gasteiger partial charge on any atom is -0.481 e. The van der Waals surface area contributed by atoms with Crippen molar-refractivity contribution < 1.29 is 43.7 Å². The highest BCUT2D eigenvalue weighted by molar-refractivity contribution is 6.00. The number of methoxy groups -OCH3 is 1. The number of ether oxygens (including phenoxy) is 2. The van der Waals surface area contributed by atoms with Crippen LogP contribution in [-0.2, 0) is 23.9 Å². The molecule has 3 heterocycles. The molecule has 2 aliphatic rings. The van der Waals surface area contributed by atoms with Crippen LogP contribution in [0.3, 0.4) is 0 Å². The Morgan fingerprint density at radius 3 is 2.36 bits per heavy atom. The summed E-state index contributed by atoms with van der Waals surface area (Å²) in [5.74, 6) is -6.03. The number of piperidine rings is 1. The van der Waals surface area contributed by atoms with Gasteiger partial charge in [-0.2, -0.15) is 0 Å². The molecule has 15 heteroatoms. The van der Waals surface area contributed by atoms with E-state index in [9.17, 15) is 34.2 Å². The molecule has 0 radical (unpaired) electrons. The van der Waals surface area contributed by atoms with Crippen molar-refractivity contribution in [3.63, 3.8) is 0 Å². The number of hydrogen-bond donors (Lipinski definition) is 4. The predicted molar refractivity (Wildman–Crippen MR) is 160 cm³/mol. The first-order chi connectivity index (χ1) is 21.6. The molecule has 45 heavy (non-hydrogen) atoms. The van der Waals surface area contributed by atoms with Gasteiger partial charge in [-0.25, -0.2) is 14.8 Å². The Morgan fingerprint density at radius 1 is 1.04 bits per heavy atom. The van der Waals surface area contributed by atoms with E-state index in [2.05, 4.69) is 15.6 Å². The standard InChI is InChI=1S/C30H38N6O9/c1-3-45-30(43)36-14-11-31-23(17-36)25(37)21(15-20(28(39)40)29(41)42)33-27(38)22-16-24(35-12-9-19(44-2)10-13-35)34-26(32-22)18-7-5-4-6-8-18/h4-8,16,19-21,23,31H,3,9-15,17H2,1-2H3,(H,33,38)(H,39,40)(H,41,42). The summed E-state index contributed by atoms with van der Waals surface area (Å²) in [5, 5.41) is 24.6. The maximum absolute atomic E-state index is 13.7. The number of carboxylic acids is 2. The first kappa shape index (κ1) is 33.3. The SMILES string of the molecule is CCOC(=O)N1CCNC(C(=O)C(CC(C(=O)O)C(=O)O)NC(=O)c2cc(N3CCC(OC)CC3)nc(-c3ccccc3)n2)C1. The first-order valence-electron chi connectivity index (χ1n) is 14.8. The molecule has 2 amide bonds. The summed E-state index contributed by atoms with van der Waals surface area (Å²) in [6, 6.07) is 7.96. The zero-order valence-corrected chi connectivity index (χ0v) is 25.2. The zero-order valence-electron chi connectivity index (χ0n) is 25.2. The van der Waals surface area contributed by atoms with E-state index < -0.39 is 54.1 Å². The molecule has 2 fully saturated rings. The van der Waals surface area contributed by atoms with Gasteiger partial charge in [0, 0.05) is 51.5 Å². The number of aromatic nitrogens is 2. The predicted octanol–water partition coefficient (Wildman–Crippen LogP) is 1.03. The molecule has 0 saturated carbocycles. The molecular formula is C30H38N6O9. The number of Topliss-reactive ketones (excluding diaryl/α,β-unsaturated/α-hetero) is 1. The van der Waals surface area contributed by atoms with Crippen molar-refractivity contribution in [1.29, 1.82) is 0 Å². The zero-order chi connectivity index (χ0) is 32.5. The molecular weight excluding hydrogens is 588 g/mol. The molecule has 2 unspecified atom stereocenters. The third-order valence-electron chi connectivity index (χ3n) is 7.84. The second kappa shape index (κ2) is 15.4. The molecule has 2 aromatic rings. The third kappa shape index (κ3) is 8.51. The van der Waals surface area contributed by atoms with Crippen LogP contribution in [0, 0.1) is 5.92 Å². The van der Waals surface area contributed by atoms with Crippen molar-refractivity contribution in [1.82, 2.24) is 25.5 Å². The lowest BCUT2D eigenvalue weighted by atomic mass is 9.93. The number of carboxylic acid groups (broad SMARTS) is 2. The van der Waals surface area contributed by atoms with Gasteiger partial charge in [0.15, 0.2) is 17.5 Å². The van der Waals surface area contributed by atoms with Crippen LogP contribution in [0.15, 0.2) is 36.4 Å². The Kier molecular flexibility index (Phi) is 11.4. The van der Waals surface area contributed by atoms with Gasteiger partial charge in [-0.3, -0.25) is 19.2 Å². The number of nitrogens with one attached hydrogen (secondary N) is 2. The minimum absolute atomic E-state index is 0.0857. The Balaban J connectivity index is 1.64. The van der Waals surface area contributed by atoms with E-state index >= 15 is 0 Å². The molecule has 2 saturated heterocycles. The van der Waals surface area contributed by atoms with E-state index in [0.717, 1.165) is 12.8 Å². The topological polar surface area (TPSA) is 201 Å². The molecule has 2 aliphatic heterocycles. The monoisotopic (exact) mass is 626 g/mol. The van der Waals surface area contributed by atoms with Crippen LogP contribution in [0.1, 0.15) is 36.7 Å². The van der Waals surface area contributed by atoms with Crippen LogP contribution in [0.5, 0.6) is 0 Å². The largest absolute Gasteiger partial charge is 0.481 e. The third-order valence-corrected chi connectivity index (χ3v) is 7.84. The quantitative estimate of drug-likeness (QED) is 0.244. The van der Waals surface area contributed by atoms with Crippen LogP contribution in [0.4, 0.5) is 10.6 Å². The molecule has 0 spiro atoms. The average molecular weight is 627 g/mol. The van der Waals surface area contributed by atoms with Crippen LogP contribution >= 0.6 is 0 Å². The summed E-state index contributed by atoms with van der Waals surface area (Å²) in [4.78, 5) is 75.8. The highest BCUT2D eigenvalue weighted by Crippen LogP contribution is 2.24. The fourth-order valence-electron chi connectivity index (χ4n) is 5.33. The van der Waals surface area contributed by atoms with Crippen LogP contribution < -0.4 is 15.5 Å². The van der Waals surface area contributed by atoms with E-state index in [-0.39, 0.29) is 43.9 Å². The van der Waals surface area contributed by atoms with Crippen LogP contribution in [0.25, 0.3) is 11.4 Å². The number of piperazine rings is 1. The van der Waals surface area contributed by atoms with Gasteiger partial charge < -0.3 is 40.1 Å². The number of amides is 2. The van der Waals surface area contributed by atoms with Crippen molar-refractivity contribution in [2.75, 3.05) is 51.3 Å². The Labute approximate surface area is 259 Å². The summed E-state index contributed by atoms with van der Waals surface area (Å²) >= 11 is 0. The summed E-state index contributed by atoms with van der Waals surface area (Å²) in [5.41, 5.74) is 0.563. The van der Waals surface area contributed by atoms with Crippen molar-refractivity contribution >= 4 is 35.5 Å². The summed E-state index contributed by atoms with van der Waals surface area (Å²) in [6.07, 6.45) is 0.268. The lowest BCUT2D eigenvalue weighted by molar-refractivity contribution is -0.155. The molecule has 1 aromatic heterocycles. The Hall–Kier alpha value is -4.63. The van der Waals surface area contributed by atoms with Gasteiger partial charge in [0.1, 0.15) is 11.5 Å². The molecule has 4 rings (SSSR count). The van der Waals surface area contributed by atoms with E-state index in [1.54, 1.807) is 38.3 Å². The van der Waals surface area contributed by atoms with Crippen molar-refractivity contribution in [3.05, 3.63) is 42.1 Å². The molecule has 0 bridgehead atoms. The highest BCUT2D eigenvalue weighted by atomic mass is 16.6. The summed E-state index contributed by atoms with van der Waals surface area (Å²) < 4.78 is 10.5. The van der Waals surface area contributed by atoms with Crippen molar-refractivity contribution in [3.8, 4) is 11.4 Å². The Morgan fingerprint density at radius 2 is 1.73 bits per heavy atom. The van der Waals surface area contributed by atoms with Gasteiger partial charge in [0.05, 0.1) is 24.8 Å². The second-order valence-corrected chi connectivity index (χ2v) is 10.8. The smallest absolute Gasteiger partial charge is 0.409 e. The van der Waals surface area contributed by atoms with Gasteiger partial charge in [0.25, 0.3) is 5.91 Å². The number of rotatable bonds is 12. The number of carbonyl (C=O) groups excluding carboxylic acids is 3. The average Bonchev–Trinajstić information content (AvgIpc) is 3.06. The number of nitrogens with zero attached hydrogens (tertiary/aromatic N) is 4. The fourth-order valence-corrected chi connectivity index (χ4v) is 5.33. The number of aliphatic carboxylic acids is 2. The number of hydrogen-bond acceptors (Lipinski definition) is 11. The van der Waals surface area contributed by atoms with Gasteiger partial charge in [-0.15, -0.1) is 0 Å². The Bertz CT molecular complexity index is 1370. The number of benzene rings is 1. The highest BCUT2D eigenvalue weighted by Gasteiger charge is 2.38. The molecule has 242 valence electrons. The molecule has 0 aliphatic carbocycles. The van der Waals surface area contributed by atoms with Gasteiger partial charge in [-0.1, -0.05) is 30.3 Å². The molecule has 2 atom stereocenters. The normalized spacial score (nSPS) is 17.9. The number of ketones is 1. The molecule has 15 nitrogen and oxygen atoms in total. The lowest BCUT2D eigenvalue weighted by Gasteiger charge is -2.34. The second-order valence-electron chi connectivity index (χ2n) is 10.8.